The molecule has 1 nitrogen and oxygen atoms in total. The number of hydrogen-bond acceptors (Lipinski definition) is 3. The molecule has 20 heavy (non-hydrogen) atoms. The van der Waals surface area contributed by atoms with Gasteiger partial charge in [-0.1, -0.05) is 38.4 Å². The fraction of sp³-hybridized carbons (Fsp3) is 0.938. The Balaban J connectivity index is 0. The van der Waals surface area contributed by atoms with E-state index in [9.17, 15) is 0 Å². The van der Waals surface area contributed by atoms with E-state index in [1.807, 2.05) is 0 Å². The molecule has 2 radical (unpaired) electrons. The summed E-state index contributed by atoms with van der Waals surface area (Å²) in [5.41, 5.74) is 0. The van der Waals surface area contributed by atoms with E-state index >= 15 is 0 Å². The molecule has 0 aliphatic carbocycles. The minimum atomic E-state index is 0.0494. The first-order chi connectivity index (χ1) is 9.72. The summed E-state index contributed by atoms with van der Waals surface area (Å²) in [5, 5.41) is 8.58. The third-order valence-corrected chi connectivity index (χ3v) is 8.27. The van der Waals surface area contributed by atoms with Crippen molar-refractivity contribution < 1.29 is 5.11 Å². The molecule has 0 heterocycles. The fourth-order valence-electron chi connectivity index (χ4n) is 1.49. The van der Waals surface area contributed by atoms with E-state index in [2.05, 4.69) is 20.8 Å². The molecule has 0 spiro atoms. The van der Waals surface area contributed by atoms with Gasteiger partial charge >= 0.3 is 69.5 Å². The monoisotopic (exact) mass is 426 g/mol. The van der Waals surface area contributed by atoms with Gasteiger partial charge in [-0.15, -0.1) is 11.8 Å². The Hall–Kier alpha value is 1.20. The Kier molecular flexibility index (Phi) is 26.4. The van der Waals surface area contributed by atoms with Gasteiger partial charge in [0.1, 0.15) is 0 Å². The molecule has 0 aliphatic rings. The zero-order valence-corrected chi connectivity index (χ0v) is 18.2. The van der Waals surface area contributed by atoms with Crippen molar-refractivity contribution in [3.8, 4) is 0 Å². The molecule has 0 aliphatic heterocycles. The molecule has 4 heteroatoms. The summed E-state index contributed by atoms with van der Waals surface area (Å²) in [7, 11) is 0. The van der Waals surface area contributed by atoms with E-state index in [0.29, 0.717) is 0 Å². The number of unbranched alkanes of at least 4 members (excludes halogenated alkanes) is 5. The van der Waals surface area contributed by atoms with Gasteiger partial charge < -0.3 is 5.11 Å². The van der Waals surface area contributed by atoms with Crippen molar-refractivity contribution in [1.29, 1.82) is 0 Å². The molecule has 0 amide bonds. The summed E-state index contributed by atoms with van der Waals surface area (Å²) in [6.07, 6.45) is 10.9. The Morgan fingerprint density at radius 3 is 1.90 bits per heavy atom. The van der Waals surface area contributed by atoms with E-state index in [4.69, 9.17) is 17.3 Å². The summed E-state index contributed by atoms with van der Waals surface area (Å²) in [4.78, 5) is 0. The molecule has 0 unspecified atom stereocenters. The summed E-state index contributed by atoms with van der Waals surface area (Å²) >= 11 is 6.60. The van der Waals surface area contributed by atoms with Crippen molar-refractivity contribution in [1.82, 2.24) is 0 Å². The molecule has 0 rings (SSSR count). The number of thioether (sulfide) groups is 1. The molecule has 0 bridgehead atoms. The van der Waals surface area contributed by atoms with Gasteiger partial charge in [-0.3, -0.25) is 0 Å². The molecule has 0 aromatic heterocycles. The number of aliphatic hydroxyl groups excluding tert-OH is 1. The molecular formula is C16H34OS2Sn. The Bertz CT molecular complexity index is 183. The summed E-state index contributed by atoms with van der Waals surface area (Å²) < 4.78 is 3.97. The van der Waals surface area contributed by atoms with Crippen LogP contribution in [0.25, 0.3) is 0 Å². The molecule has 0 saturated heterocycles. The van der Waals surface area contributed by atoms with Crippen molar-refractivity contribution >= 4 is 49.3 Å². The number of aliphatic hydroxyl groups is 1. The average molecular weight is 425 g/mol. The van der Waals surface area contributed by atoms with Crippen LogP contribution in [0, 0.1) is 0 Å². The van der Waals surface area contributed by atoms with E-state index in [-0.39, 0.29) is 27.7 Å². The van der Waals surface area contributed by atoms with Gasteiger partial charge in [0, 0.05) is 0 Å². The molecule has 0 fully saturated rings. The maximum atomic E-state index is 8.58. The first-order valence-corrected chi connectivity index (χ1v) is 13.6. The van der Waals surface area contributed by atoms with E-state index in [1.54, 1.807) is 20.6 Å². The first kappa shape index (κ1) is 23.5. The number of hydrogen-bond donors (Lipinski definition) is 1. The van der Waals surface area contributed by atoms with Crippen molar-refractivity contribution in [2.24, 2.45) is 0 Å². The summed E-state index contributed by atoms with van der Waals surface area (Å²) in [5.74, 6) is 1.07. The standard InChI is InChI=1S/C8H16OS2.2C4H9.Sn/c1-2-3-4-5-6-11-8(10)7-9;2*1-3-4-2;/h9H,2-7H2,1H3;2*1,3-4H2,2H3;. The van der Waals surface area contributed by atoms with Gasteiger partial charge in [-0.25, -0.2) is 0 Å². The van der Waals surface area contributed by atoms with Crippen molar-refractivity contribution in [3.63, 3.8) is 0 Å². The molecule has 120 valence electrons. The Morgan fingerprint density at radius 1 is 0.900 bits per heavy atom. The van der Waals surface area contributed by atoms with Gasteiger partial charge in [0.15, 0.2) is 0 Å². The van der Waals surface area contributed by atoms with Crippen molar-refractivity contribution in [2.75, 3.05) is 12.4 Å². The normalized spacial score (nSPS) is 10.0. The van der Waals surface area contributed by atoms with Crippen molar-refractivity contribution in [2.45, 2.75) is 81.0 Å². The Morgan fingerprint density at radius 2 is 1.45 bits per heavy atom. The van der Waals surface area contributed by atoms with Crippen LogP contribution in [0.4, 0.5) is 0 Å². The molecule has 0 atom stereocenters. The fourth-order valence-corrected chi connectivity index (χ4v) is 6.57. The van der Waals surface area contributed by atoms with E-state index < -0.39 is 0 Å². The van der Waals surface area contributed by atoms with Gasteiger partial charge in [0.25, 0.3) is 0 Å². The van der Waals surface area contributed by atoms with Crippen LogP contribution >= 0.6 is 24.0 Å². The number of rotatable bonds is 12. The summed E-state index contributed by atoms with van der Waals surface area (Å²) in [6, 6.07) is 0. The van der Waals surface area contributed by atoms with Crippen LogP contribution in [-0.4, -0.2) is 42.8 Å². The van der Waals surface area contributed by atoms with Gasteiger partial charge in [-0.05, 0) is 12.2 Å². The topological polar surface area (TPSA) is 20.2 Å². The van der Waals surface area contributed by atoms with E-state index in [0.717, 1.165) is 9.95 Å². The molecule has 0 aromatic rings. The third-order valence-electron chi connectivity index (χ3n) is 2.80. The van der Waals surface area contributed by atoms with Crippen LogP contribution in [0.3, 0.4) is 0 Å². The molecule has 1 N–H and O–H groups in total. The van der Waals surface area contributed by atoms with Crippen LogP contribution in [0.5, 0.6) is 0 Å². The van der Waals surface area contributed by atoms with Crippen LogP contribution < -0.4 is 0 Å². The second-order valence-electron chi connectivity index (χ2n) is 4.90. The maximum absolute atomic E-state index is 8.58. The minimum absolute atomic E-state index is 0.0494. The molecule has 0 saturated carbocycles. The second-order valence-corrected chi connectivity index (χ2v) is 11.1. The van der Waals surface area contributed by atoms with Gasteiger partial charge in [0.2, 0.25) is 0 Å². The zero-order chi connectivity index (χ0) is 15.5. The zero-order valence-electron chi connectivity index (χ0n) is 13.7. The van der Waals surface area contributed by atoms with Crippen LogP contribution in [0.15, 0.2) is 0 Å². The third kappa shape index (κ3) is 24.2. The van der Waals surface area contributed by atoms with E-state index in [1.165, 1.54) is 51.4 Å². The quantitative estimate of drug-likeness (QED) is 0.244. The van der Waals surface area contributed by atoms with Gasteiger partial charge in [0.05, 0.1) is 10.8 Å². The number of thiocarbonyl (C=S) groups is 1. The van der Waals surface area contributed by atoms with Crippen LogP contribution in [0.2, 0.25) is 8.87 Å². The predicted octanol–water partition coefficient (Wildman–Crippen LogP) is 5.75. The average Bonchev–Trinajstić information content (AvgIpc) is 2.47. The SMILES string of the molecule is CCCCCCSC(=S)CO.CCC[CH2][Sn][CH2]CCC. The van der Waals surface area contributed by atoms with Crippen LogP contribution in [0.1, 0.15) is 72.1 Å². The van der Waals surface area contributed by atoms with Crippen LogP contribution in [-0.2, 0) is 0 Å². The predicted molar refractivity (Wildman–Crippen MR) is 101 cm³/mol. The molecular weight excluding hydrogens is 391 g/mol. The Labute approximate surface area is 147 Å². The second kappa shape index (κ2) is 22.5. The van der Waals surface area contributed by atoms with Gasteiger partial charge in [-0.2, -0.15) is 0 Å². The first-order valence-electron chi connectivity index (χ1n) is 8.20. The summed E-state index contributed by atoms with van der Waals surface area (Å²) in [6.45, 7) is 6.83. The van der Waals surface area contributed by atoms with Crippen molar-refractivity contribution in [3.05, 3.63) is 0 Å². The molecule has 0 aromatic carbocycles.